The lowest BCUT2D eigenvalue weighted by atomic mass is 10.0. The second kappa shape index (κ2) is 14.3. The number of aromatic nitrogens is 3. The minimum Gasteiger partial charge on any atom is -0.367 e. The quantitative estimate of drug-likeness (QED) is 0.202. The lowest BCUT2D eigenvalue weighted by Gasteiger charge is -2.38. The van der Waals surface area contributed by atoms with Crippen LogP contribution in [-0.4, -0.2) is 106 Å². The van der Waals surface area contributed by atoms with Gasteiger partial charge in [0.1, 0.15) is 34.1 Å². The van der Waals surface area contributed by atoms with E-state index in [0.717, 1.165) is 93.7 Å². The van der Waals surface area contributed by atoms with Crippen molar-refractivity contribution in [2.24, 2.45) is 0 Å². The molecule has 0 bridgehead atoms. The summed E-state index contributed by atoms with van der Waals surface area (Å²) < 4.78 is 66.2. The Labute approximate surface area is 301 Å². The number of nitrogens with one attached hydrogen (secondary N) is 1. The fraction of sp³-hybridized carbons (Fsp3) is 0.583. The summed E-state index contributed by atoms with van der Waals surface area (Å²) in [4.78, 5) is 16.6. The Morgan fingerprint density at radius 2 is 1.73 bits per heavy atom. The molecular formula is C36H45F3N8O2S2. The molecule has 1 saturated carbocycles. The Kier molecular flexibility index (Phi) is 10.1. The van der Waals surface area contributed by atoms with Crippen LogP contribution in [-0.2, 0) is 29.3 Å². The first kappa shape index (κ1) is 36.1. The normalized spacial score (nSPS) is 19.5. The summed E-state index contributed by atoms with van der Waals surface area (Å²) >= 11 is 1.08. The van der Waals surface area contributed by atoms with Crippen LogP contribution in [0.2, 0.25) is 0 Å². The van der Waals surface area contributed by atoms with Gasteiger partial charge >= 0.3 is 6.18 Å². The zero-order chi connectivity index (χ0) is 36.1. The van der Waals surface area contributed by atoms with Gasteiger partial charge < -0.3 is 9.88 Å². The van der Waals surface area contributed by atoms with E-state index in [9.17, 15) is 26.9 Å². The molecule has 1 aromatic carbocycles. The molecule has 2 aliphatic heterocycles. The molecule has 3 fully saturated rings. The maximum atomic E-state index is 13.0. The number of thiophene rings is 1. The van der Waals surface area contributed by atoms with E-state index in [-0.39, 0.29) is 28.1 Å². The van der Waals surface area contributed by atoms with Gasteiger partial charge in [-0.1, -0.05) is 6.07 Å². The van der Waals surface area contributed by atoms with Crippen molar-refractivity contribution in [1.29, 1.82) is 5.26 Å². The molecule has 10 nitrogen and oxygen atoms in total. The second-order valence-corrected chi connectivity index (χ2v) is 17.9. The van der Waals surface area contributed by atoms with Crippen LogP contribution in [0.5, 0.6) is 0 Å². The molecule has 2 saturated heterocycles. The summed E-state index contributed by atoms with van der Waals surface area (Å²) in [5, 5.41) is 15.2. The monoisotopic (exact) mass is 742 g/mol. The fourth-order valence-electron chi connectivity index (χ4n) is 7.62. The molecule has 0 amide bonds. The Hall–Kier alpha value is -3.29. The van der Waals surface area contributed by atoms with Gasteiger partial charge in [0.05, 0.1) is 17.1 Å². The van der Waals surface area contributed by atoms with Gasteiger partial charge in [0, 0.05) is 80.2 Å². The van der Waals surface area contributed by atoms with Crippen LogP contribution in [0.3, 0.4) is 0 Å². The zero-order valence-corrected chi connectivity index (χ0v) is 31.0. The van der Waals surface area contributed by atoms with Crippen molar-refractivity contribution in [3.63, 3.8) is 0 Å². The molecule has 4 aromatic rings. The van der Waals surface area contributed by atoms with E-state index < -0.39 is 22.4 Å². The number of hydrogen-bond acceptors (Lipinski definition) is 10. The van der Waals surface area contributed by atoms with Gasteiger partial charge in [0.25, 0.3) is 0 Å². The van der Waals surface area contributed by atoms with E-state index in [2.05, 4.69) is 66.6 Å². The molecular weight excluding hydrogens is 698 g/mol. The summed E-state index contributed by atoms with van der Waals surface area (Å²) in [6.45, 7) is 12.4. The van der Waals surface area contributed by atoms with Gasteiger partial charge in [-0.25, -0.2) is 18.4 Å². The number of benzene rings is 1. The third-order valence-electron chi connectivity index (χ3n) is 10.7. The minimum atomic E-state index is -4.27. The van der Waals surface area contributed by atoms with Crippen molar-refractivity contribution >= 4 is 48.1 Å². The number of aryl methyl sites for hydroxylation is 2. The molecule has 0 unspecified atom stereocenters. The molecule has 3 aromatic heterocycles. The van der Waals surface area contributed by atoms with Gasteiger partial charge in [-0.3, -0.25) is 14.7 Å². The number of piperazine rings is 1. The lowest BCUT2D eigenvalue weighted by molar-refractivity contribution is -0.126. The summed E-state index contributed by atoms with van der Waals surface area (Å²) in [6.07, 6.45) is -1.87. The molecule has 0 spiro atoms. The van der Waals surface area contributed by atoms with Crippen LogP contribution in [0.15, 0.2) is 24.3 Å². The average molecular weight is 743 g/mol. The maximum Gasteiger partial charge on any atom is 0.393 e. The van der Waals surface area contributed by atoms with Crippen LogP contribution >= 0.6 is 11.3 Å². The number of rotatable bonds is 11. The van der Waals surface area contributed by atoms with E-state index in [1.807, 2.05) is 6.07 Å². The highest BCUT2D eigenvalue weighted by atomic mass is 32.2. The molecule has 1 N–H and O–H groups in total. The third-order valence-corrected chi connectivity index (χ3v) is 13.9. The highest BCUT2D eigenvalue weighted by Gasteiger charge is 2.37. The zero-order valence-electron chi connectivity index (χ0n) is 29.3. The number of hydrogen-bond donors (Lipinski definition) is 1. The number of sulfone groups is 1. The second-order valence-electron chi connectivity index (χ2n) is 14.6. The van der Waals surface area contributed by atoms with Crippen LogP contribution < -0.4 is 5.32 Å². The van der Waals surface area contributed by atoms with E-state index in [4.69, 9.17) is 0 Å². The summed E-state index contributed by atoms with van der Waals surface area (Å²) in [6, 6.07) is 10.7. The first-order valence-corrected chi connectivity index (χ1v) is 20.3. The average Bonchev–Trinajstić information content (AvgIpc) is 3.78. The fourth-order valence-corrected chi connectivity index (χ4v) is 10.6. The first-order valence-electron chi connectivity index (χ1n) is 17.8. The van der Waals surface area contributed by atoms with Crippen molar-refractivity contribution in [1.82, 2.24) is 29.2 Å². The Morgan fingerprint density at radius 1 is 1.00 bits per heavy atom. The largest absolute Gasteiger partial charge is 0.393 e. The molecule has 7 rings (SSSR count). The maximum absolute atomic E-state index is 13.0. The van der Waals surface area contributed by atoms with Crippen molar-refractivity contribution in [2.45, 2.75) is 89.5 Å². The minimum absolute atomic E-state index is 0.131. The molecule has 274 valence electrons. The summed E-state index contributed by atoms with van der Waals surface area (Å²) in [5.74, 6) is 1.31. The molecule has 1 aliphatic carbocycles. The van der Waals surface area contributed by atoms with Crippen LogP contribution in [0.25, 0.3) is 21.1 Å². The standard InChI is InChI=1S/C36H45F3N8O2S2/c1-23(46-14-12-45(13-15-46)22-51(48,49)30-5-6-30)20-47-28(19-40)16-31-24(2)26(4-7-33(31)47)21-44-10-8-27(9-11-44)43-34-32-17-29(18-36(37,38)39)50-35(32)42-25(3)41-34/h4,7,16-17,23,27,30H,5-6,8-15,18,20-22H2,1-3H3,(H,41,42,43)/t23-/m0/s1. The van der Waals surface area contributed by atoms with Crippen molar-refractivity contribution < 1.29 is 21.6 Å². The lowest BCUT2D eigenvalue weighted by Crippen LogP contribution is -2.51. The number of alkyl halides is 3. The van der Waals surface area contributed by atoms with E-state index in [1.54, 1.807) is 13.0 Å². The van der Waals surface area contributed by atoms with E-state index in [1.165, 1.54) is 11.1 Å². The summed E-state index contributed by atoms with van der Waals surface area (Å²) in [7, 11) is -3.01. The Bertz CT molecular complexity index is 2050. The van der Waals surface area contributed by atoms with Crippen molar-refractivity contribution in [2.75, 3.05) is 50.5 Å². The number of piperidine rings is 1. The van der Waals surface area contributed by atoms with Crippen molar-refractivity contribution in [3.8, 4) is 6.07 Å². The Morgan fingerprint density at radius 3 is 2.39 bits per heavy atom. The number of likely N-dealkylation sites (tertiary alicyclic amines) is 1. The topological polar surface area (TPSA) is 110 Å². The number of halogens is 3. The SMILES string of the molecule is Cc1nc(NC2CCN(Cc3ccc4c(cc(C#N)n4C[C@H](C)N4CCN(CS(=O)(=O)C5CC5)CC4)c3C)CC2)c2cc(CC(F)(F)F)sc2n1. The first-order chi connectivity index (χ1) is 24.3. The van der Waals surface area contributed by atoms with Gasteiger partial charge in [-0.15, -0.1) is 11.3 Å². The van der Waals surface area contributed by atoms with Crippen LogP contribution in [0.4, 0.5) is 19.0 Å². The number of nitrogens with zero attached hydrogens (tertiary/aromatic N) is 7. The van der Waals surface area contributed by atoms with E-state index >= 15 is 0 Å². The highest BCUT2D eigenvalue weighted by Crippen LogP contribution is 2.34. The third kappa shape index (κ3) is 8.20. The van der Waals surface area contributed by atoms with Crippen LogP contribution in [0.1, 0.15) is 60.1 Å². The van der Waals surface area contributed by atoms with Gasteiger partial charge in [0.2, 0.25) is 0 Å². The van der Waals surface area contributed by atoms with Gasteiger partial charge in [-0.2, -0.15) is 18.4 Å². The van der Waals surface area contributed by atoms with Crippen molar-refractivity contribution in [3.05, 3.63) is 51.8 Å². The summed E-state index contributed by atoms with van der Waals surface area (Å²) in [5.41, 5.74) is 4.09. The molecule has 3 aliphatic rings. The molecule has 5 heterocycles. The van der Waals surface area contributed by atoms with Gasteiger partial charge in [-0.05, 0) is 75.8 Å². The van der Waals surface area contributed by atoms with Gasteiger partial charge in [0.15, 0.2) is 9.84 Å². The molecule has 0 radical (unpaired) electrons. The smallest absolute Gasteiger partial charge is 0.367 e. The highest BCUT2D eigenvalue weighted by molar-refractivity contribution is 7.92. The predicted molar refractivity (Wildman–Crippen MR) is 195 cm³/mol. The molecule has 1 atom stereocenters. The van der Waals surface area contributed by atoms with E-state index in [0.29, 0.717) is 34.1 Å². The van der Waals surface area contributed by atoms with Crippen LogP contribution in [0, 0.1) is 25.2 Å². The molecule has 15 heteroatoms. The number of anilines is 1. The predicted octanol–water partition coefficient (Wildman–Crippen LogP) is 5.86. The number of fused-ring (bicyclic) bond motifs is 2. The Balaban J connectivity index is 0.963. The number of nitriles is 1. The molecule has 51 heavy (non-hydrogen) atoms.